The third kappa shape index (κ3) is 6.08. The van der Waals surface area contributed by atoms with Crippen LogP contribution >= 0.6 is 23.1 Å². The molecule has 0 fully saturated rings. The van der Waals surface area contributed by atoms with Gasteiger partial charge in [0, 0.05) is 40.6 Å². The molecule has 2 heterocycles. The van der Waals surface area contributed by atoms with E-state index < -0.39 is 0 Å². The molecular weight excluding hydrogens is 402 g/mol. The van der Waals surface area contributed by atoms with Crippen LogP contribution in [0.25, 0.3) is 0 Å². The van der Waals surface area contributed by atoms with Crippen LogP contribution in [0.3, 0.4) is 0 Å². The zero-order chi connectivity index (χ0) is 21.0. The molecule has 3 aromatic rings. The molecular formula is C21H27N5OS2. The molecule has 2 aromatic heterocycles. The topological polar surface area (TPSA) is 71.8 Å². The van der Waals surface area contributed by atoms with Crippen molar-refractivity contribution in [3.05, 3.63) is 53.6 Å². The van der Waals surface area contributed by atoms with Gasteiger partial charge >= 0.3 is 6.03 Å². The number of benzene rings is 1. The van der Waals surface area contributed by atoms with Crippen LogP contribution in [0.15, 0.2) is 51.5 Å². The number of urea groups is 1. The normalized spacial score (nSPS) is 12.6. The molecule has 1 atom stereocenters. The minimum atomic E-state index is -0.205. The number of nitrogens with zero attached hydrogens (tertiary/aromatic N) is 3. The van der Waals surface area contributed by atoms with Crippen LogP contribution in [0.1, 0.15) is 32.0 Å². The van der Waals surface area contributed by atoms with Gasteiger partial charge in [0.1, 0.15) is 0 Å². The second kappa shape index (κ2) is 9.00. The maximum Gasteiger partial charge on any atom is 0.319 e. The van der Waals surface area contributed by atoms with Crippen LogP contribution in [0.5, 0.6) is 0 Å². The molecule has 1 aromatic carbocycles. The number of amides is 2. The first-order valence-corrected chi connectivity index (χ1v) is 11.1. The summed E-state index contributed by atoms with van der Waals surface area (Å²) < 4.78 is 3.00. The van der Waals surface area contributed by atoms with E-state index >= 15 is 0 Å². The van der Waals surface area contributed by atoms with Gasteiger partial charge in [-0.05, 0) is 43.0 Å². The minimum absolute atomic E-state index is 0.0417. The number of anilines is 1. The van der Waals surface area contributed by atoms with Crippen LogP contribution in [-0.4, -0.2) is 26.6 Å². The lowest BCUT2D eigenvalue weighted by molar-refractivity contribution is 0.218. The van der Waals surface area contributed by atoms with E-state index in [4.69, 9.17) is 0 Å². The predicted octanol–water partition coefficient (Wildman–Crippen LogP) is 5.34. The van der Waals surface area contributed by atoms with Gasteiger partial charge in [-0.2, -0.15) is 0 Å². The Morgan fingerprint density at radius 3 is 2.69 bits per heavy atom. The molecule has 0 saturated carbocycles. The second-order valence-electron chi connectivity index (χ2n) is 8.11. The van der Waals surface area contributed by atoms with E-state index in [1.807, 2.05) is 42.1 Å². The number of aromatic nitrogens is 3. The molecule has 6 nitrogen and oxygen atoms in total. The zero-order valence-electron chi connectivity index (χ0n) is 17.4. The van der Waals surface area contributed by atoms with Crippen molar-refractivity contribution in [1.29, 1.82) is 0 Å². The summed E-state index contributed by atoms with van der Waals surface area (Å²) in [4.78, 5) is 22.3. The van der Waals surface area contributed by atoms with Crippen molar-refractivity contribution in [2.24, 2.45) is 5.41 Å². The van der Waals surface area contributed by atoms with Crippen LogP contribution in [0.2, 0.25) is 0 Å². The van der Waals surface area contributed by atoms with Gasteiger partial charge in [-0.15, -0.1) is 11.3 Å². The lowest BCUT2D eigenvalue weighted by atomic mass is 9.86. The highest BCUT2D eigenvalue weighted by molar-refractivity contribution is 8.01. The summed E-state index contributed by atoms with van der Waals surface area (Å²) in [5.74, 6) is 0. The number of carbonyl (C=O) groups excluding carboxylic acids is 1. The van der Waals surface area contributed by atoms with Gasteiger partial charge in [0.05, 0.1) is 12.4 Å². The average molecular weight is 430 g/mol. The summed E-state index contributed by atoms with van der Waals surface area (Å²) in [5.41, 5.74) is 2.76. The molecule has 0 aliphatic rings. The maximum atomic E-state index is 12.7. The van der Waals surface area contributed by atoms with Crippen LogP contribution in [-0.2, 0) is 6.54 Å². The number of nitrogens with one attached hydrogen (secondary N) is 2. The fourth-order valence-electron chi connectivity index (χ4n) is 2.78. The third-order valence-corrected chi connectivity index (χ3v) is 6.60. The fourth-order valence-corrected chi connectivity index (χ4v) is 4.69. The van der Waals surface area contributed by atoms with Crippen molar-refractivity contribution in [1.82, 2.24) is 19.9 Å². The average Bonchev–Trinajstić information content (AvgIpc) is 3.28. The summed E-state index contributed by atoms with van der Waals surface area (Å²) in [7, 11) is 0. The first-order chi connectivity index (χ1) is 13.7. The second-order valence-corrected chi connectivity index (χ2v) is 10.3. The van der Waals surface area contributed by atoms with Gasteiger partial charge in [-0.25, -0.2) is 14.8 Å². The Kier molecular flexibility index (Phi) is 6.64. The number of hydrogen-bond donors (Lipinski definition) is 2. The Bertz CT molecular complexity index is 960. The highest BCUT2D eigenvalue weighted by atomic mass is 32.2. The van der Waals surface area contributed by atoms with Crippen molar-refractivity contribution < 1.29 is 4.79 Å². The summed E-state index contributed by atoms with van der Waals surface area (Å²) >= 11 is 3.28. The monoisotopic (exact) mass is 429 g/mol. The molecule has 2 amide bonds. The number of hydrogen-bond acceptors (Lipinski definition) is 5. The first kappa shape index (κ1) is 21.4. The predicted molar refractivity (Wildman–Crippen MR) is 120 cm³/mol. The first-order valence-electron chi connectivity index (χ1n) is 9.44. The van der Waals surface area contributed by atoms with Gasteiger partial charge in [0.2, 0.25) is 0 Å². The Morgan fingerprint density at radius 2 is 2.10 bits per heavy atom. The van der Waals surface area contributed by atoms with Crippen molar-refractivity contribution in [3.63, 3.8) is 0 Å². The van der Waals surface area contributed by atoms with Crippen molar-refractivity contribution >= 4 is 34.8 Å². The molecule has 2 N–H and O–H groups in total. The van der Waals surface area contributed by atoms with E-state index in [-0.39, 0.29) is 17.5 Å². The Morgan fingerprint density at radius 1 is 1.31 bits per heavy atom. The van der Waals surface area contributed by atoms with Crippen LogP contribution in [0, 0.1) is 19.3 Å². The van der Waals surface area contributed by atoms with Gasteiger partial charge < -0.3 is 15.2 Å². The number of carbonyl (C=O) groups is 1. The summed E-state index contributed by atoms with van der Waals surface area (Å²) in [5, 5.41) is 8.15. The van der Waals surface area contributed by atoms with E-state index in [0.29, 0.717) is 6.54 Å². The fraction of sp³-hybridized carbons (Fsp3) is 0.381. The quantitative estimate of drug-likeness (QED) is 0.554. The lowest BCUT2D eigenvalue weighted by Gasteiger charge is -2.31. The van der Waals surface area contributed by atoms with E-state index in [9.17, 15) is 4.79 Å². The molecule has 0 bridgehead atoms. The SMILES string of the molecule is Cc1csc(Sc2ccc(NC(=O)NC(Cn3ccnc3)C(C)(C)C)c(C)c2)n1. The van der Waals surface area contributed by atoms with Crippen molar-refractivity contribution in [2.75, 3.05) is 5.32 Å². The minimum Gasteiger partial charge on any atom is -0.335 e. The standard InChI is InChI=1S/C21H27N5OS2/c1-14-10-16(29-20-23-15(2)12-28-20)6-7-17(14)24-19(27)25-18(21(3,4)5)11-26-9-8-22-13-26/h6-10,12-13,18H,11H2,1-5H3,(H2,24,25,27). The number of imidazole rings is 1. The summed E-state index contributed by atoms with van der Waals surface area (Å²) in [6, 6.07) is 5.78. The molecule has 0 saturated heterocycles. The molecule has 0 aliphatic heterocycles. The highest BCUT2D eigenvalue weighted by Crippen LogP contribution is 2.32. The summed E-state index contributed by atoms with van der Waals surface area (Å²) in [6.07, 6.45) is 5.42. The number of rotatable bonds is 6. The molecule has 0 spiro atoms. The number of thiazole rings is 1. The maximum absolute atomic E-state index is 12.7. The van der Waals surface area contributed by atoms with Crippen molar-refractivity contribution in [3.8, 4) is 0 Å². The Labute approximate surface area is 180 Å². The smallest absolute Gasteiger partial charge is 0.319 e. The van der Waals surface area contributed by atoms with Crippen LogP contribution < -0.4 is 10.6 Å². The largest absolute Gasteiger partial charge is 0.335 e. The van der Waals surface area contributed by atoms with Crippen molar-refractivity contribution in [2.45, 2.75) is 56.4 Å². The van der Waals surface area contributed by atoms with Crippen LogP contribution in [0.4, 0.5) is 10.5 Å². The third-order valence-electron chi connectivity index (χ3n) is 4.55. The molecule has 8 heteroatoms. The lowest BCUT2D eigenvalue weighted by Crippen LogP contribution is -2.47. The Balaban J connectivity index is 1.64. The Hall–Kier alpha value is -2.32. The van der Waals surface area contributed by atoms with Gasteiger partial charge in [0.15, 0.2) is 4.34 Å². The summed E-state index contributed by atoms with van der Waals surface area (Å²) in [6.45, 7) is 11.0. The van der Waals surface area contributed by atoms with Gasteiger partial charge in [0.25, 0.3) is 0 Å². The zero-order valence-corrected chi connectivity index (χ0v) is 19.0. The van der Waals surface area contributed by atoms with E-state index in [2.05, 4.69) is 47.4 Å². The molecule has 0 aliphatic carbocycles. The highest BCUT2D eigenvalue weighted by Gasteiger charge is 2.26. The molecule has 29 heavy (non-hydrogen) atoms. The van der Waals surface area contributed by atoms with E-state index in [1.54, 1.807) is 35.6 Å². The van der Waals surface area contributed by atoms with Gasteiger partial charge in [-0.3, -0.25) is 0 Å². The molecule has 0 radical (unpaired) electrons. The number of aryl methyl sites for hydroxylation is 2. The van der Waals surface area contributed by atoms with E-state index in [0.717, 1.165) is 26.2 Å². The van der Waals surface area contributed by atoms with E-state index in [1.165, 1.54) is 0 Å². The molecule has 1 unspecified atom stereocenters. The molecule has 154 valence electrons. The van der Waals surface area contributed by atoms with Gasteiger partial charge in [-0.1, -0.05) is 32.5 Å². The molecule has 3 rings (SSSR count).